The summed E-state index contributed by atoms with van der Waals surface area (Å²) in [6, 6.07) is 3.64. The van der Waals surface area contributed by atoms with Gasteiger partial charge in [-0.3, -0.25) is 0 Å². The van der Waals surface area contributed by atoms with Crippen LogP contribution in [-0.2, 0) is 16.5 Å². The van der Waals surface area contributed by atoms with E-state index < -0.39 is 17.3 Å². The van der Waals surface area contributed by atoms with Gasteiger partial charge in [0.15, 0.2) is 0 Å². The third-order valence-electron chi connectivity index (χ3n) is 3.12. The Morgan fingerprint density at radius 1 is 1.28 bits per heavy atom. The highest BCUT2D eigenvalue weighted by Gasteiger charge is 2.33. The minimum atomic E-state index is -4.33. The molecule has 1 rings (SSSR count). The molecule has 1 aromatic carbocycles. The molecule has 1 unspecified atom stereocenters. The smallest absolute Gasteiger partial charge is 0.382 e. The summed E-state index contributed by atoms with van der Waals surface area (Å²) in [5, 5.41) is 0. The number of alkyl halides is 3. The molecule has 0 saturated heterocycles. The highest BCUT2D eigenvalue weighted by molar-refractivity contribution is 5.37. The molecule has 0 aliphatic heterocycles. The first-order chi connectivity index (χ1) is 8.24. The van der Waals surface area contributed by atoms with Crippen molar-refractivity contribution in [1.29, 1.82) is 0 Å². The van der Waals surface area contributed by atoms with Gasteiger partial charge >= 0.3 is 6.18 Å². The lowest BCUT2D eigenvalue weighted by molar-refractivity contribution is -0.137. The molecule has 0 saturated carbocycles. The zero-order valence-corrected chi connectivity index (χ0v) is 10.8. The minimum absolute atomic E-state index is 0.274. The monoisotopic (exact) mass is 261 g/mol. The van der Waals surface area contributed by atoms with E-state index in [-0.39, 0.29) is 6.61 Å². The zero-order valence-electron chi connectivity index (χ0n) is 10.8. The number of ether oxygens (including phenoxy) is 1. The molecule has 0 aromatic heterocycles. The fourth-order valence-electron chi connectivity index (χ4n) is 2.03. The Morgan fingerprint density at radius 2 is 1.89 bits per heavy atom. The highest BCUT2D eigenvalue weighted by atomic mass is 19.4. The van der Waals surface area contributed by atoms with Crippen LogP contribution in [0, 0.1) is 6.92 Å². The first kappa shape index (κ1) is 15.0. The van der Waals surface area contributed by atoms with E-state index in [2.05, 4.69) is 0 Å². The zero-order chi connectivity index (χ0) is 14.0. The van der Waals surface area contributed by atoms with Crippen LogP contribution in [0.2, 0.25) is 0 Å². The van der Waals surface area contributed by atoms with Crippen LogP contribution < -0.4 is 5.73 Å². The SMILES string of the molecule is CCC(N)(COC)c1ccc(C(F)(F)F)cc1C. The van der Waals surface area contributed by atoms with Crippen molar-refractivity contribution < 1.29 is 17.9 Å². The molecule has 0 heterocycles. The van der Waals surface area contributed by atoms with Gasteiger partial charge in [-0.25, -0.2) is 0 Å². The first-order valence-corrected chi connectivity index (χ1v) is 5.70. The largest absolute Gasteiger partial charge is 0.416 e. The molecular formula is C13H18F3NO. The number of rotatable bonds is 4. The number of halogens is 3. The lowest BCUT2D eigenvalue weighted by atomic mass is 9.85. The van der Waals surface area contributed by atoms with Gasteiger partial charge in [0, 0.05) is 7.11 Å². The molecule has 1 atom stereocenters. The maximum atomic E-state index is 12.6. The Labute approximate surface area is 105 Å². The molecule has 5 heteroatoms. The van der Waals surface area contributed by atoms with Crippen LogP contribution in [0.25, 0.3) is 0 Å². The predicted molar refractivity (Wildman–Crippen MR) is 64.2 cm³/mol. The molecule has 2 nitrogen and oxygen atoms in total. The van der Waals surface area contributed by atoms with Crippen LogP contribution >= 0.6 is 0 Å². The van der Waals surface area contributed by atoms with E-state index >= 15 is 0 Å². The number of benzene rings is 1. The molecule has 0 spiro atoms. The summed E-state index contributed by atoms with van der Waals surface area (Å²) < 4.78 is 42.8. The molecule has 0 radical (unpaired) electrons. The molecule has 2 N–H and O–H groups in total. The normalized spacial score (nSPS) is 15.5. The van der Waals surface area contributed by atoms with Crippen molar-refractivity contribution in [2.75, 3.05) is 13.7 Å². The van der Waals surface area contributed by atoms with Crippen LogP contribution in [-0.4, -0.2) is 13.7 Å². The fourth-order valence-corrected chi connectivity index (χ4v) is 2.03. The summed E-state index contributed by atoms with van der Waals surface area (Å²) in [6.07, 6.45) is -3.74. The molecular weight excluding hydrogens is 243 g/mol. The maximum absolute atomic E-state index is 12.6. The van der Waals surface area contributed by atoms with Gasteiger partial charge in [-0.2, -0.15) is 13.2 Å². The Hall–Kier alpha value is -1.07. The molecule has 0 aliphatic rings. The second kappa shape index (κ2) is 5.28. The average Bonchev–Trinajstić information content (AvgIpc) is 2.27. The minimum Gasteiger partial charge on any atom is -0.382 e. The van der Waals surface area contributed by atoms with Gasteiger partial charge in [-0.15, -0.1) is 0 Å². The molecule has 18 heavy (non-hydrogen) atoms. The van der Waals surface area contributed by atoms with Crippen molar-refractivity contribution in [2.24, 2.45) is 5.73 Å². The second-order valence-electron chi connectivity index (χ2n) is 4.47. The Kier molecular flexibility index (Phi) is 4.40. The van der Waals surface area contributed by atoms with Gasteiger partial charge in [0.05, 0.1) is 17.7 Å². The van der Waals surface area contributed by atoms with Gasteiger partial charge in [-0.05, 0) is 36.6 Å². The molecule has 0 aliphatic carbocycles. The third kappa shape index (κ3) is 3.03. The van der Waals surface area contributed by atoms with Crippen LogP contribution in [0.3, 0.4) is 0 Å². The number of methoxy groups -OCH3 is 1. The summed E-state index contributed by atoms with van der Waals surface area (Å²) in [5.74, 6) is 0. The molecule has 0 amide bonds. The van der Waals surface area contributed by atoms with Crippen molar-refractivity contribution >= 4 is 0 Å². The van der Waals surface area contributed by atoms with E-state index in [1.165, 1.54) is 13.2 Å². The van der Waals surface area contributed by atoms with Gasteiger partial charge < -0.3 is 10.5 Å². The van der Waals surface area contributed by atoms with E-state index in [9.17, 15) is 13.2 Å². The Morgan fingerprint density at radius 3 is 2.28 bits per heavy atom. The van der Waals surface area contributed by atoms with E-state index in [4.69, 9.17) is 10.5 Å². The number of nitrogens with two attached hydrogens (primary N) is 1. The van der Waals surface area contributed by atoms with Crippen LogP contribution in [0.1, 0.15) is 30.0 Å². The summed E-state index contributed by atoms with van der Waals surface area (Å²) in [4.78, 5) is 0. The average molecular weight is 261 g/mol. The summed E-state index contributed by atoms with van der Waals surface area (Å²) in [5.41, 5.74) is 6.01. The van der Waals surface area contributed by atoms with E-state index in [1.807, 2.05) is 6.92 Å². The second-order valence-corrected chi connectivity index (χ2v) is 4.47. The molecule has 1 aromatic rings. The van der Waals surface area contributed by atoms with Crippen molar-refractivity contribution in [2.45, 2.75) is 32.0 Å². The molecule has 0 fully saturated rings. The van der Waals surface area contributed by atoms with Gasteiger partial charge in [0.1, 0.15) is 0 Å². The molecule has 102 valence electrons. The van der Waals surface area contributed by atoms with Crippen LogP contribution in [0.4, 0.5) is 13.2 Å². The lowest BCUT2D eigenvalue weighted by Gasteiger charge is -2.30. The number of aryl methyl sites for hydroxylation is 1. The van der Waals surface area contributed by atoms with Gasteiger partial charge in [0.25, 0.3) is 0 Å². The van der Waals surface area contributed by atoms with Crippen LogP contribution in [0.15, 0.2) is 18.2 Å². The van der Waals surface area contributed by atoms with Crippen molar-refractivity contribution in [3.8, 4) is 0 Å². The Balaban J connectivity index is 3.20. The van der Waals surface area contributed by atoms with Gasteiger partial charge in [-0.1, -0.05) is 13.0 Å². The highest BCUT2D eigenvalue weighted by Crippen LogP contribution is 2.33. The summed E-state index contributed by atoms with van der Waals surface area (Å²) in [6.45, 7) is 3.79. The van der Waals surface area contributed by atoms with Crippen molar-refractivity contribution in [3.05, 3.63) is 34.9 Å². The lowest BCUT2D eigenvalue weighted by Crippen LogP contribution is -2.41. The first-order valence-electron chi connectivity index (χ1n) is 5.70. The van der Waals surface area contributed by atoms with Gasteiger partial charge in [0.2, 0.25) is 0 Å². The van der Waals surface area contributed by atoms with Crippen LogP contribution in [0.5, 0.6) is 0 Å². The summed E-state index contributed by atoms with van der Waals surface area (Å²) >= 11 is 0. The Bertz CT molecular complexity index is 417. The quantitative estimate of drug-likeness (QED) is 0.903. The van der Waals surface area contributed by atoms with Crippen molar-refractivity contribution in [3.63, 3.8) is 0 Å². The van der Waals surface area contributed by atoms with E-state index in [0.29, 0.717) is 17.5 Å². The van der Waals surface area contributed by atoms with E-state index in [1.54, 1.807) is 6.92 Å². The standard InChI is InChI=1S/C13H18F3NO/c1-4-12(17,8-18-3)11-6-5-10(7-9(11)2)13(14,15)16/h5-7H,4,8,17H2,1-3H3. The van der Waals surface area contributed by atoms with Crippen molar-refractivity contribution in [1.82, 2.24) is 0 Å². The topological polar surface area (TPSA) is 35.2 Å². The predicted octanol–water partition coefficient (Wildman–Crippen LogP) is 3.22. The number of hydrogen-bond donors (Lipinski definition) is 1. The molecule has 0 bridgehead atoms. The fraction of sp³-hybridized carbons (Fsp3) is 0.538. The van der Waals surface area contributed by atoms with E-state index in [0.717, 1.165) is 12.1 Å². The third-order valence-corrected chi connectivity index (χ3v) is 3.12. The summed E-state index contributed by atoms with van der Waals surface area (Å²) in [7, 11) is 1.52. The maximum Gasteiger partial charge on any atom is 0.416 e. The number of hydrogen-bond acceptors (Lipinski definition) is 2.